The Morgan fingerprint density at radius 2 is 1.95 bits per heavy atom. The Bertz CT molecular complexity index is 402. The summed E-state index contributed by atoms with van der Waals surface area (Å²) in [5.41, 5.74) is 8.84. The Morgan fingerprint density at radius 1 is 1.25 bits per heavy atom. The first-order chi connectivity index (χ1) is 9.24. The van der Waals surface area contributed by atoms with E-state index in [4.69, 9.17) is 10.5 Å². The number of methoxy groups -OCH3 is 1. The van der Waals surface area contributed by atoms with Gasteiger partial charge in [0.1, 0.15) is 5.75 Å². The van der Waals surface area contributed by atoms with E-state index in [0.29, 0.717) is 5.92 Å². The van der Waals surface area contributed by atoms with Gasteiger partial charge in [-0.25, -0.2) is 0 Å². The summed E-state index contributed by atoms with van der Waals surface area (Å²) in [5, 5.41) is 0. The molecule has 1 saturated carbocycles. The second kappa shape index (κ2) is 8.53. The van der Waals surface area contributed by atoms with Crippen LogP contribution in [0.15, 0.2) is 18.2 Å². The van der Waals surface area contributed by atoms with Gasteiger partial charge in [0, 0.05) is 6.04 Å². The quantitative estimate of drug-likeness (QED) is 0.872. The van der Waals surface area contributed by atoms with E-state index in [1.807, 2.05) is 0 Å². The van der Waals surface area contributed by atoms with Crippen LogP contribution >= 0.6 is 12.4 Å². The predicted molar refractivity (Wildman–Crippen MR) is 88.0 cm³/mol. The van der Waals surface area contributed by atoms with E-state index in [-0.39, 0.29) is 18.4 Å². The minimum absolute atomic E-state index is 0. The van der Waals surface area contributed by atoms with Crippen LogP contribution in [-0.4, -0.2) is 13.2 Å². The normalized spacial score (nSPS) is 17.4. The molecule has 0 amide bonds. The van der Waals surface area contributed by atoms with Crippen molar-refractivity contribution in [2.45, 2.75) is 63.8 Å². The maximum atomic E-state index is 6.07. The van der Waals surface area contributed by atoms with Crippen LogP contribution in [0, 0.1) is 0 Å². The Hall–Kier alpha value is -0.730. The molecule has 1 fully saturated rings. The molecule has 1 aromatic rings. The summed E-state index contributed by atoms with van der Waals surface area (Å²) in [7, 11) is 1.78. The molecule has 2 nitrogen and oxygen atoms in total. The number of hydrogen-bond donors (Lipinski definition) is 1. The van der Waals surface area contributed by atoms with Crippen LogP contribution in [0.4, 0.5) is 0 Å². The molecule has 0 saturated heterocycles. The number of benzene rings is 1. The van der Waals surface area contributed by atoms with Gasteiger partial charge in [-0.05, 0) is 48.8 Å². The average Bonchev–Trinajstić information content (AvgIpc) is 2.48. The van der Waals surface area contributed by atoms with Gasteiger partial charge in [0.2, 0.25) is 0 Å². The highest BCUT2D eigenvalue weighted by molar-refractivity contribution is 5.85. The van der Waals surface area contributed by atoms with Crippen LogP contribution < -0.4 is 10.5 Å². The third-order valence-electron chi connectivity index (χ3n) is 4.36. The lowest BCUT2D eigenvalue weighted by molar-refractivity contribution is 0.386. The molecule has 2 rings (SSSR count). The summed E-state index contributed by atoms with van der Waals surface area (Å²) in [6.45, 7) is 2.15. The Kier molecular flexibility index (Phi) is 7.39. The fourth-order valence-corrected chi connectivity index (χ4v) is 3.09. The molecular weight excluding hydrogens is 270 g/mol. The van der Waals surface area contributed by atoms with Crippen LogP contribution in [0.25, 0.3) is 0 Å². The van der Waals surface area contributed by atoms with E-state index in [0.717, 1.165) is 18.6 Å². The third kappa shape index (κ3) is 4.39. The summed E-state index contributed by atoms with van der Waals surface area (Å²) in [6.07, 6.45) is 8.71. The Balaban J connectivity index is 0.00000200. The van der Waals surface area contributed by atoms with E-state index in [1.54, 1.807) is 7.11 Å². The molecule has 3 heteroatoms. The predicted octanol–water partition coefficient (Wildman–Crippen LogP) is 4.44. The van der Waals surface area contributed by atoms with Crippen LogP contribution in [0.5, 0.6) is 5.75 Å². The molecule has 114 valence electrons. The summed E-state index contributed by atoms with van der Waals surface area (Å²) < 4.78 is 5.55. The standard InChI is InChI=1S/C17H27NO.ClH/c1-3-15(18)11-13-9-10-17(19-2)16(12-13)14-7-5-4-6-8-14;/h9-10,12,14-15H,3-8,11,18H2,1-2H3;1H. The van der Waals surface area contributed by atoms with Gasteiger partial charge >= 0.3 is 0 Å². The van der Waals surface area contributed by atoms with E-state index >= 15 is 0 Å². The lowest BCUT2D eigenvalue weighted by atomic mass is 9.83. The first-order valence-corrected chi connectivity index (χ1v) is 7.67. The molecule has 0 radical (unpaired) electrons. The van der Waals surface area contributed by atoms with Crippen LogP contribution in [0.2, 0.25) is 0 Å². The van der Waals surface area contributed by atoms with Gasteiger partial charge < -0.3 is 10.5 Å². The SMILES string of the molecule is CCC(N)Cc1ccc(OC)c(C2CCCCC2)c1.Cl. The zero-order valence-electron chi connectivity index (χ0n) is 12.7. The van der Waals surface area contributed by atoms with Crippen molar-refractivity contribution in [1.82, 2.24) is 0 Å². The van der Waals surface area contributed by atoms with Gasteiger partial charge in [-0.15, -0.1) is 12.4 Å². The zero-order chi connectivity index (χ0) is 13.7. The first-order valence-electron chi connectivity index (χ1n) is 7.67. The third-order valence-corrected chi connectivity index (χ3v) is 4.36. The molecule has 1 aromatic carbocycles. The number of rotatable bonds is 5. The second-order valence-corrected chi connectivity index (χ2v) is 5.78. The van der Waals surface area contributed by atoms with Crippen LogP contribution in [0.3, 0.4) is 0 Å². The van der Waals surface area contributed by atoms with Crippen molar-refractivity contribution in [1.29, 1.82) is 0 Å². The van der Waals surface area contributed by atoms with Gasteiger partial charge in [-0.2, -0.15) is 0 Å². The van der Waals surface area contributed by atoms with E-state index in [2.05, 4.69) is 25.1 Å². The molecule has 1 atom stereocenters. The first kappa shape index (κ1) is 17.3. The molecule has 2 N–H and O–H groups in total. The topological polar surface area (TPSA) is 35.2 Å². The highest BCUT2D eigenvalue weighted by Crippen LogP contribution is 2.38. The second-order valence-electron chi connectivity index (χ2n) is 5.78. The van der Waals surface area contributed by atoms with Crippen LogP contribution in [-0.2, 0) is 6.42 Å². The minimum Gasteiger partial charge on any atom is -0.496 e. The minimum atomic E-state index is 0. The Morgan fingerprint density at radius 3 is 2.55 bits per heavy atom. The lowest BCUT2D eigenvalue weighted by Crippen LogP contribution is -2.21. The van der Waals surface area contributed by atoms with Crippen molar-refractivity contribution in [3.05, 3.63) is 29.3 Å². The zero-order valence-corrected chi connectivity index (χ0v) is 13.5. The molecule has 0 bridgehead atoms. The molecule has 0 heterocycles. The summed E-state index contributed by atoms with van der Waals surface area (Å²) >= 11 is 0. The number of nitrogens with two attached hydrogens (primary N) is 1. The van der Waals surface area contributed by atoms with Gasteiger partial charge in [0.05, 0.1) is 7.11 Å². The van der Waals surface area contributed by atoms with Crippen molar-refractivity contribution in [2.24, 2.45) is 5.73 Å². The highest BCUT2D eigenvalue weighted by Gasteiger charge is 2.19. The summed E-state index contributed by atoms with van der Waals surface area (Å²) in [4.78, 5) is 0. The highest BCUT2D eigenvalue weighted by atomic mass is 35.5. The monoisotopic (exact) mass is 297 g/mol. The average molecular weight is 298 g/mol. The van der Waals surface area contributed by atoms with Crippen molar-refractivity contribution in [3.63, 3.8) is 0 Å². The number of halogens is 1. The van der Waals surface area contributed by atoms with Crippen molar-refractivity contribution in [2.75, 3.05) is 7.11 Å². The molecular formula is C17H28ClNO. The maximum absolute atomic E-state index is 6.07. The smallest absolute Gasteiger partial charge is 0.122 e. The van der Waals surface area contributed by atoms with Gasteiger partial charge in [-0.3, -0.25) is 0 Å². The maximum Gasteiger partial charge on any atom is 0.122 e. The molecule has 0 aliphatic heterocycles. The Labute approximate surface area is 129 Å². The van der Waals surface area contributed by atoms with E-state index < -0.39 is 0 Å². The van der Waals surface area contributed by atoms with E-state index in [1.165, 1.54) is 43.2 Å². The fraction of sp³-hybridized carbons (Fsp3) is 0.647. The molecule has 0 aromatic heterocycles. The van der Waals surface area contributed by atoms with E-state index in [9.17, 15) is 0 Å². The van der Waals surface area contributed by atoms with Crippen LogP contribution in [0.1, 0.15) is 62.5 Å². The fourth-order valence-electron chi connectivity index (χ4n) is 3.09. The van der Waals surface area contributed by atoms with Crippen molar-refractivity contribution >= 4 is 12.4 Å². The summed E-state index contributed by atoms with van der Waals surface area (Å²) in [6, 6.07) is 6.90. The molecule has 0 spiro atoms. The van der Waals surface area contributed by atoms with Gasteiger partial charge in [0.15, 0.2) is 0 Å². The van der Waals surface area contributed by atoms with Crippen molar-refractivity contribution < 1.29 is 4.74 Å². The number of hydrogen-bond acceptors (Lipinski definition) is 2. The van der Waals surface area contributed by atoms with Crippen molar-refractivity contribution in [3.8, 4) is 5.75 Å². The lowest BCUT2D eigenvalue weighted by Gasteiger charge is -2.24. The molecule has 1 unspecified atom stereocenters. The van der Waals surface area contributed by atoms with Gasteiger partial charge in [0.25, 0.3) is 0 Å². The molecule has 1 aliphatic rings. The number of ether oxygens (including phenoxy) is 1. The summed E-state index contributed by atoms with van der Waals surface area (Å²) in [5.74, 6) is 1.74. The molecule has 1 aliphatic carbocycles. The largest absolute Gasteiger partial charge is 0.496 e. The molecule has 20 heavy (non-hydrogen) atoms. The van der Waals surface area contributed by atoms with Gasteiger partial charge in [-0.1, -0.05) is 38.3 Å².